The summed E-state index contributed by atoms with van der Waals surface area (Å²) in [6, 6.07) is 10.3. The maximum absolute atomic E-state index is 13.1. The summed E-state index contributed by atoms with van der Waals surface area (Å²) < 4.78 is 61.1. The average molecular weight is 469 g/mol. The second-order valence-electron chi connectivity index (χ2n) is 8.62. The quantitative estimate of drug-likeness (QED) is 0.243. The number of ether oxygens (including phenoxy) is 1. The highest BCUT2D eigenvalue weighted by Crippen LogP contribution is 2.25. The molecule has 8 heteroatoms. The van der Waals surface area contributed by atoms with Gasteiger partial charge in [0.2, 0.25) is 0 Å². The van der Waals surface area contributed by atoms with E-state index in [4.69, 9.17) is 8.92 Å². The van der Waals surface area contributed by atoms with E-state index in [0.29, 0.717) is 31.2 Å². The zero-order valence-corrected chi connectivity index (χ0v) is 19.7. The number of halogens is 2. The molecular formula is C24H30F2O5S. The van der Waals surface area contributed by atoms with Crippen molar-refractivity contribution < 1.29 is 30.9 Å². The van der Waals surface area contributed by atoms with Crippen molar-refractivity contribution in [2.45, 2.75) is 70.3 Å². The second-order valence-corrected chi connectivity index (χ2v) is 10.2. The Morgan fingerprint density at radius 3 is 2.25 bits per heavy atom. The fraction of sp³-hybridized carbons (Fsp3) is 0.458. The molecule has 0 N–H and O–H groups in total. The monoisotopic (exact) mass is 468 g/mol. The van der Waals surface area contributed by atoms with Crippen LogP contribution in [0.1, 0.15) is 73.5 Å². The normalized spacial score (nSPS) is 12.2. The van der Waals surface area contributed by atoms with Crippen molar-refractivity contribution in [1.29, 1.82) is 0 Å². The lowest BCUT2D eigenvalue weighted by Crippen LogP contribution is -2.24. The Labute approximate surface area is 188 Å². The van der Waals surface area contributed by atoms with Gasteiger partial charge >= 0.3 is 5.97 Å². The molecule has 2 aromatic rings. The Balaban J connectivity index is 1.93. The molecule has 0 heterocycles. The minimum Gasteiger partial charge on any atom is -0.456 e. The molecule has 0 saturated carbocycles. The van der Waals surface area contributed by atoms with Crippen LogP contribution in [0.25, 0.3) is 0 Å². The first kappa shape index (κ1) is 25.9. The number of rotatable bonds is 10. The Hall–Kier alpha value is -2.32. The molecule has 0 aromatic heterocycles. The molecule has 32 heavy (non-hydrogen) atoms. The van der Waals surface area contributed by atoms with E-state index >= 15 is 0 Å². The molecule has 0 aliphatic carbocycles. The van der Waals surface area contributed by atoms with Crippen LogP contribution >= 0.6 is 0 Å². The Morgan fingerprint density at radius 1 is 1.00 bits per heavy atom. The molecule has 5 nitrogen and oxygen atoms in total. The highest BCUT2D eigenvalue weighted by Gasteiger charge is 2.21. The van der Waals surface area contributed by atoms with E-state index in [0.717, 1.165) is 5.56 Å². The van der Waals surface area contributed by atoms with Crippen molar-refractivity contribution in [3.63, 3.8) is 0 Å². The molecule has 0 amide bonds. The first-order valence-electron chi connectivity index (χ1n) is 10.5. The van der Waals surface area contributed by atoms with Gasteiger partial charge in [-0.1, -0.05) is 30.2 Å². The molecule has 0 spiro atoms. The van der Waals surface area contributed by atoms with E-state index in [1.54, 1.807) is 32.9 Å². The minimum atomic E-state index is -3.81. The van der Waals surface area contributed by atoms with E-state index in [1.807, 2.05) is 6.92 Å². The molecule has 0 aliphatic rings. The van der Waals surface area contributed by atoms with Gasteiger partial charge in [-0.15, -0.1) is 0 Å². The van der Waals surface area contributed by atoms with E-state index in [9.17, 15) is 22.0 Å². The number of aryl methyl sites for hydroxylation is 2. The zero-order chi connectivity index (χ0) is 23.9. The van der Waals surface area contributed by atoms with Crippen LogP contribution in [-0.4, -0.2) is 26.6 Å². The van der Waals surface area contributed by atoms with E-state index in [-0.39, 0.29) is 22.6 Å². The van der Waals surface area contributed by atoms with Crippen molar-refractivity contribution in [2.75, 3.05) is 6.61 Å². The summed E-state index contributed by atoms with van der Waals surface area (Å²) >= 11 is 0. The average Bonchev–Trinajstić information content (AvgIpc) is 2.69. The Kier molecular flexibility index (Phi) is 8.92. The number of esters is 1. The summed E-state index contributed by atoms with van der Waals surface area (Å²) in [6.07, 6.45) is -0.588. The molecule has 0 radical (unpaired) electrons. The zero-order valence-electron chi connectivity index (χ0n) is 18.9. The molecule has 0 fully saturated rings. The number of hydrogen-bond acceptors (Lipinski definition) is 5. The number of hydrogen-bond donors (Lipinski definition) is 0. The van der Waals surface area contributed by atoms with Gasteiger partial charge in [0.1, 0.15) is 5.60 Å². The summed E-state index contributed by atoms with van der Waals surface area (Å²) in [5.74, 6) is -0.555. The predicted octanol–water partition coefficient (Wildman–Crippen LogP) is 6.01. The third kappa shape index (κ3) is 7.98. The lowest BCUT2D eigenvalue weighted by molar-refractivity contribution is 0.00679. The minimum absolute atomic E-state index is 0.0200. The highest BCUT2D eigenvalue weighted by molar-refractivity contribution is 7.86. The molecule has 2 aromatic carbocycles. The maximum atomic E-state index is 13.1. The first-order valence-corrected chi connectivity index (χ1v) is 11.9. The van der Waals surface area contributed by atoms with Crippen LogP contribution in [0.5, 0.6) is 0 Å². The molecule has 0 saturated heterocycles. The summed E-state index contributed by atoms with van der Waals surface area (Å²) in [5.41, 5.74) is 0.856. The van der Waals surface area contributed by atoms with E-state index in [2.05, 4.69) is 0 Å². The van der Waals surface area contributed by atoms with E-state index < -0.39 is 28.1 Å². The van der Waals surface area contributed by atoms with Crippen LogP contribution in [-0.2, 0) is 25.5 Å². The van der Waals surface area contributed by atoms with Crippen LogP contribution in [0.3, 0.4) is 0 Å². The largest absolute Gasteiger partial charge is 0.456 e. The number of carbonyl (C=O) groups excluding carboxylic acids is 1. The topological polar surface area (TPSA) is 69.7 Å². The summed E-state index contributed by atoms with van der Waals surface area (Å²) in [6.45, 7) is 7.10. The van der Waals surface area contributed by atoms with Gasteiger partial charge in [-0.25, -0.2) is 13.6 Å². The Bertz CT molecular complexity index is 1010. The van der Waals surface area contributed by atoms with Crippen molar-refractivity contribution in [1.82, 2.24) is 0 Å². The summed E-state index contributed by atoms with van der Waals surface area (Å²) in [4.78, 5) is 12.6. The number of alkyl halides is 2. The standard InChI is InChI=1S/C24H30F2O5S/c1-17-9-12-20(13-10-17)32(28,29)30-15-7-5-6-8-18-16-19(22(25)26)11-14-21(18)23(27)31-24(2,3)4/h9-14,16,22H,5-8,15H2,1-4H3. The van der Waals surface area contributed by atoms with Gasteiger partial charge in [-0.3, -0.25) is 4.18 Å². The van der Waals surface area contributed by atoms with Crippen molar-refractivity contribution in [3.05, 3.63) is 64.7 Å². The van der Waals surface area contributed by atoms with Crippen molar-refractivity contribution >= 4 is 16.1 Å². The fourth-order valence-electron chi connectivity index (χ4n) is 3.02. The molecule has 2 rings (SSSR count). The third-order valence-corrected chi connectivity index (χ3v) is 5.97. The van der Waals surface area contributed by atoms with E-state index in [1.165, 1.54) is 30.3 Å². The second kappa shape index (κ2) is 11.0. The first-order chi connectivity index (χ1) is 14.9. The van der Waals surface area contributed by atoms with Gasteiger partial charge in [-0.2, -0.15) is 8.42 Å². The van der Waals surface area contributed by atoms with Crippen LogP contribution in [0, 0.1) is 6.92 Å². The van der Waals surface area contributed by atoms with Gasteiger partial charge < -0.3 is 4.74 Å². The SMILES string of the molecule is Cc1ccc(S(=O)(=O)OCCCCCc2cc(C(F)F)ccc2C(=O)OC(C)(C)C)cc1. The van der Waals surface area contributed by atoms with Gasteiger partial charge in [0.15, 0.2) is 0 Å². The van der Waals surface area contributed by atoms with Crippen LogP contribution in [0.4, 0.5) is 8.78 Å². The molecule has 176 valence electrons. The lowest BCUT2D eigenvalue weighted by atomic mass is 9.98. The van der Waals surface area contributed by atoms with Gasteiger partial charge in [-0.05, 0) is 76.8 Å². The highest BCUT2D eigenvalue weighted by atomic mass is 32.2. The van der Waals surface area contributed by atoms with Gasteiger partial charge in [0.25, 0.3) is 16.5 Å². The predicted molar refractivity (Wildman–Crippen MR) is 118 cm³/mol. The van der Waals surface area contributed by atoms with Crippen molar-refractivity contribution in [2.24, 2.45) is 0 Å². The van der Waals surface area contributed by atoms with Crippen LogP contribution in [0.2, 0.25) is 0 Å². The molecular weight excluding hydrogens is 438 g/mol. The molecule has 0 bridgehead atoms. The number of carbonyl (C=O) groups is 1. The van der Waals surface area contributed by atoms with Gasteiger partial charge in [0, 0.05) is 5.56 Å². The number of unbranched alkanes of at least 4 members (excludes halogenated alkanes) is 2. The third-order valence-electron chi connectivity index (χ3n) is 4.64. The Morgan fingerprint density at radius 2 is 1.66 bits per heavy atom. The number of benzene rings is 2. The smallest absolute Gasteiger partial charge is 0.338 e. The lowest BCUT2D eigenvalue weighted by Gasteiger charge is -2.21. The van der Waals surface area contributed by atoms with Crippen molar-refractivity contribution in [3.8, 4) is 0 Å². The van der Waals surface area contributed by atoms with Crippen LogP contribution < -0.4 is 0 Å². The van der Waals surface area contributed by atoms with Crippen LogP contribution in [0.15, 0.2) is 47.4 Å². The van der Waals surface area contributed by atoms with Gasteiger partial charge in [0.05, 0.1) is 17.1 Å². The molecule has 0 unspecified atom stereocenters. The summed E-state index contributed by atoms with van der Waals surface area (Å²) in [7, 11) is -3.81. The molecule has 0 aliphatic heterocycles. The molecule has 0 atom stereocenters. The maximum Gasteiger partial charge on any atom is 0.338 e. The summed E-state index contributed by atoms with van der Waals surface area (Å²) in [5, 5.41) is 0. The fourth-order valence-corrected chi connectivity index (χ4v) is 3.97.